The Kier molecular flexibility index (Phi) is 5.56. The van der Waals surface area contributed by atoms with Gasteiger partial charge >= 0.3 is 0 Å². The van der Waals surface area contributed by atoms with Crippen molar-refractivity contribution in [3.63, 3.8) is 0 Å². The first kappa shape index (κ1) is 19.4. The van der Waals surface area contributed by atoms with Crippen LogP contribution in [0.25, 0.3) is 0 Å². The van der Waals surface area contributed by atoms with Crippen molar-refractivity contribution >= 4 is 21.8 Å². The second-order valence-electron chi connectivity index (χ2n) is 6.22. The van der Waals surface area contributed by atoms with Crippen molar-refractivity contribution in [2.75, 3.05) is 42.9 Å². The van der Waals surface area contributed by atoms with E-state index < -0.39 is 21.7 Å². The van der Waals surface area contributed by atoms with Crippen LogP contribution in [0.3, 0.4) is 0 Å². The van der Waals surface area contributed by atoms with E-state index in [1.54, 1.807) is 0 Å². The number of anilines is 2. The number of hydrogen-bond acceptors (Lipinski definition) is 6. The van der Waals surface area contributed by atoms with Gasteiger partial charge in [0.25, 0.3) is 0 Å². The minimum atomic E-state index is -3.96. The predicted molar refractivity (Wildman–Crippen MR) is 98.3 cm³/mol. The molecule has 1 aromatic carbocycles. The number of hydrogen-bond donors (Lipinski definition) is 1. The number of nitrogens with one attached hydrogen (secondary N) is 1. The summed E-state index contributed by atoms with van der Waals surface area (Å²) in [6.45, 7) is 5.67. The smallest absolute Gasteiger partial charge is 0.243 e. The fourth-order valence-electron chi connectivity index (χ4n) is 2.92. The summed E-state index contributed by atoms with van der Waals surface area (Å²) in [7, 11) is -3.96. The van der Waals surface area contributed by atoms with E-state index in [-0.39, 0.29) is 18.0 Å². The molecule has 0 aliphatic carbocycles. The number of aryl methyl sites for hydroxylation is 1. The van der Waals surface area contributed by atoms with Crippen LogP contribution in [0.15, 0.2) is 29.2 Å². The van der Waals surface area contributed by atoms with E-state index in [9.17, 15) is 17.2 Å². The quantitative estimate of drug-likeness (QED) is 0.832. The number of sulfonamides is 1. The number of benzene rings is 1. The summed E-state index contributed by atoms with van der Waals surface area (Å²) in [6, 6.07) is 4.15. The third-order valence-corrected chi connectivity index (χ3v) is 6.07. The van der Waals surface area contributed by atoms with Gasteiger partial charge in [-0.25, -0.2) is 22.2 Å². The highest BCUT2D eigenvalue weighted by atomic mass is 32.2. The van der Waals surface area contributed by atoms with Crippen molar-refractivity contribution in [1.82, 2.24) is 14.3 Å². The first-order valence-corrected chi connectivity index (χ1v) is 10.0. The lowest BCUT2D eigenvalue weighted by Crippen LogP contribution is -2.49. The zero-order valence-electron chi connectivity index (χ0n) is 15.1. The van der Waals surface area contributed by atoms with Crippen LogP contribution in [-0.4, -0.2) is 55.4 Å². The average molecular weight is 397 g/mol. The van der Waals surface area contributed by atoms with Crippen molar-refractivity contribution in [2.45, 2.75) is 18.7 Å². The van der Waals surface area contributed by atoms with Gasteiger partial charge < -0.3 is 10.2 Å². The summed E-state index contributed by atoms with van der Waals surface area (Å²) >= 11 is 0. The van der Waals surface area contributed by atoms with Crippen LogP contribution < -0.4 is 10.2 Å². The highest BCUT2D eigenvalue weighted by Gasteiger charge is 2.30. The molecule has 27 heavy (non-hydrogen) atoms. The normalized spacial score (nSPS) is 15.8. The monoisotopic (exact) mass is 397 g/mol. The lowest BCUT2D eigenvalue weighted by Gasteiger charge is -2.34. The SMILES string of the molecule is CCNc1cc(C)nc(N2CCN(S(=O)(=O)c3cc(F)cc(F)c3)CC2)n1. The molecule has 0 spiro atoms. The van der Waals surface area contributed by atoms with Gasteiger partial charge in [-0.3, -0.25) is 0 Å². The molecule has 0 atom stereocenters. The molecule has 146 valence electrons. The van der Waals surface area contributed by atoms with Crippen LogP contribution in [0.5, 0.6) is 0 Å². The molecule has 1 N–H and O–H groups in total. The minimum absolute atomic E-state index is 0.175. The average Bonchev–Trinajstić information content (AvgIpc) is 2.61. The third kappa shape index (κ3) is 4.33. The Morgan fingerprint density at radius 2 is 1.67 bits per heavy atom. The topological polar surface area (TPSA) is 78.4 Å². The summed E-state index contributed by atoms with van der Waals surface area (Å²) in [4.78, 5) is 10.4. The van der Waals surface area contributed by atoms with Gasteiger partial charge in [0.05, 0.1) is 4.90 Å². The van der Waals surface area contributed by atoms with Crippen molar-refractivity contribution in [1.29, 1.82) is 0 Å². The molecule has 0 unspecified atom stereocenters. The fraction of sp³-hybridized carbons (Fsp3) is 0.412. The van der Waals surface area contributed by atoms with Gasteiger partial charge in [-0.1, -0.05) is 0 Å². The molecule has 3 rings (SSSR count). The fourth-order valence-corrected chi connectivity index (χ4v) is 4.39. The van der Waals surface area contributed by atoms with Crippen molar-refractivity contribution in [2.24, 2.45) is 0 Å². The highest BCUT2D eigenvalue weighted by molar-refractivity contribution is 7.89. The Bertz CT molecular complexity index is 911. The van der Waals surface area contributed by atoms with Gasteiger partial charge in [0, 0.05) is 50.6 Å². The molecule has 0 radical (unpaired) electrons. The lowest BCUT2D eigenvalue weighted by atomic mass is 10.3. The van der Waals surface area contributed by atoms with Crippen LogP contribution >= 0.6 is 0 Å². The van der Waals surface area contributed by atoms with Gasteiger partial charge in [-0.15, -0.1) is 0 Å². The highest BCUT2D eigenvalue weighted by Crippen LogP contribution is 2.22. The Balaban J connectivity index is 1.75. The van der Waals surface area contributed by atoms with E-state index in [1.807, 2.05) is 24.8 Å². The molecule has 0 saturated carbocycles. The third-order valence-electron chi connectivity index (χ3n) is 4.20. The van der Waals surface area contributed by atoms with Crippen molar-refractivity contribution in [3.05, 3.63) is 41.6 Å². The standard InChI is InChI=1S/C17H21F2N5O2S/c1-3-20-16-8-12(2)21-17(22-16)23-4-6-24(7-5-23)27(25,26)15-10-13(18)9-14(19)11-15/h8-11H,3-7H2,1-2H3,(H,20,21,22). The number of aromatic nitrogens is 2. The number of rotatable bonds is 5. The van der Waals surface area contributed by atoms with Crippen LogP contribution in [0.4, 0.5) is 20.5 Å². The first-order chi connectivity index (χ1) is 12.8. The summed E-state index contributed by atoms with van der Waals surface area (Å²) in [6.07, 6.45) is 0. The Morgan fingerprint density at radius 1 is 1.04 bits per heavy atom. The molecule has 1 fully saturated rings. The summed E-state index contributed by atoms with van der Waals surface area (Å²) in [5, 5.41) is 3.14. The molecule has 1 aliphatic heterocycles. The molecule has 2 heterocycles. The van der Waals surface area contributed by atoms with Gasteiger partial charge in [-0.05, 0) is 26.0 Å². The van der Waals surface area contributed by atoms with Gasteiger partial charge in [0.2, 0.25) is 16.0 Å². The van der Waals surface area contributed by atoms with E-state index >= 15 is 0 Å². The predicted octanol–water partition coefficient (Wildman–Crippen LogP) is 2.01. The maximum Gasteiger partial charge on any atom is 0.243 e. The lowest BCUT2D eigenvalue weighted by molar-refractivity contribution is 0.382. The number of piperazine rings is 1. The van der Waals surface area contributed by atoms with Crippen LogP contribution in [-0.2, 0) is 10.0 Å². The first-order valence-electron chi connectivity index (χ1n) is 8.60. The second kappa shape index (κ2) is 7.73. The molecule has 1 aliphatic rings. The molecule has 1 aromatic heterocycles. The van der Waals surface area contributed by atoms with Crippen LogP contribution in [0.1, 0.15) is 12.6 Å². The molecule has 7 nitrogen and oxygen atoms in total. The van der Waals surface area contributed by atoms with Crippen LogP contribution in [0, 0.1) is 18.6 Å². The second-order valence-corrected chi connectivity index (χ2v) is 8.16. The maximum absolute atomic E-state index is 13.4. The minimum Gasteiger partial charge on any atom is -0.370 e. The van der Waals surface area contributed by atoms with E-state index in [2.05, 4.69) is 15.3 Å². The van der Waals surface area contributed by atoms with E-state index in [4.69, 9.17) is 0 Å². The molecular weight excluding hydrogens is 376 g/mol. The van der Waals surface area contributed by atoms with Gasteiger partial charge in [0.1, 0.15) is 17.5 Å². The molecule has 1 saturated heterocycles. The largest absolute Gasteiger partial charge is 0.370 e. The molecule has 10 heteroatoms. The Labute approximate surface area is 157 Å². The van der Waals surface area contributed by atoms with Gasteiger partial charge in [-0.2, -0.15) is 9.29 Å². The summed E-state index contributed by atoms with van der Waals surface area (Å²) in [5.74, 6) is -0.599. The van der Waals surface area contributed by atoms with Gasteiger partial charge in [0.15, 0.2) is 0 Å². The zero-order chi connectivity index (χ0) is 19.6. The number of halogens is 2. The van der Waals surface area contributed by atoms with Crippen LogP contribution in [0.2, 0.25) is 0 Å². The maximum atomic E-state index is 13.4. The Hall–Kier alpha value is -2.33. The summed E-state index contributed by atoms with van der Waals surface area (Å²) in [5.41, 5.74) is 0.807. The van der Waals surface area contributed by atoms with E-state index in [0.29, 0.717) is 30.9 Å². The van der Waals surface area contributed by atoms with Crippen molar-refractivity contribution in [3.8, 4) is 0 Å². The molecule has 2 aromatic rings. The zero-order valence-corrected chi connectivity index (χ0v) is 15.9. The summed E-state index contributed by atoms with van der Waals surface area (Å²) < 4.78 is 53.3. The Morgan fingerprint density at radius 3 is 2.26 bits per heavy atom. The molecular formula is C17H21F2N5O2S. The van der Waals surface area contributed by atoms with E-state index in [1.165, 1.54) is 4.31 Å². The van der Waals surface area contributed by atoms with Crippen molar-refractivity contribution < 1.29 is 17.2 Å². The number of nitrogens with zero attached hydrogens (tertiary/aromatic N) is 4. The molecule has 0 amide bonds. The van der Waals surface area contributed by atoms with E-state index in [0.717, 1.165) is 24.4 Å². The molecule has 0 bridgehead atoms.